The second kappa shape index (κ2) is 7.20. The maximum absolute atomic E-state index is 11.6. The van der Waals surface area contributed by atoms with E-state index in [2.05, 4.69) is 26.6 Å². The highest BCUT2D eigenvalue weighted by Crippen LogP contribution is 2.24. The van der Waals surface area contributed by atoms with Crippen molar-refractivity contribution in [1.82, 2.24) is 10.6 Å². The van der Waals surface area contributed by atoms with Crippen molar-refractivity contribution >= 4 is 33.6 Å². The molecular weight excluding hydrogens is 368 g/mol. The molecule has 22 heavy (non-hydrogen) atoms. The molecule has 4 nitrogen and oxygen atoms in total. The first kappa shape index (κ1) is 17.6. The Balaban J connectivity index is 1.68. The number of benzene rings is 1. The Morgan fingerprint density at radius 1 is 1.36 bits per heavy atom. The first-order valence-electron chi connectivity index (χ1n) is 7.40. The summed E-state index contributed by atoms with van der Waals surface area (Å²) in [5, 5.41) is 7.10. The fourth-order valence-electron chi connectivity index (χ4n) is 2.30. The number of halogens is 2. The molecule has 0 saturated heterocycles. The lowest BCUT2D eigenvalue weighted by Gasteiger charge is -2.36. The van der Waals surface area contributed by atoms with Crippen molar-refractivity contribution in [3.8, 4) is 0 Å². The zero-order chi connectivity index (χ0) is 16.3. The van der Waals surface area contributed by atoms with Crippen molar-refractivity contribution in [2.75, 3.05) is 0 Å². The molecule has 1 fully saturated rings. The number of amides is 1. The molecule has 1 aromatic carbocycles. The first-order chi connectivity index (χ1) is 10.2. The van der Waals surface area contributed by atoms with Gasteiger partial charge in [-0.15, -0.1) is 0 Å². The van der Waals surface area contributed by atoms with Crippen molar-refractivity contribution in [1.29, 1.82) is 0 Å². The molecule has 0 atom stereocenters. The SMILES string of the molecule is CC(C)(C)OC(=O)NC1CC(NCc2ccc(Br)cc2Cl)C1. The molecule has 1 amide bonds. The third-order valence-corrected chi connectivity index (χ3v) is 4.30. The summed E-state index contributed by atoms with van der Waals surface area (Å²) < 4.78 is 6.22. The van der Waals surface area contributed by atoms with Crippen LogP contribution in [0.5, 0.6) is 0 Å². The van der Waals surface area contributed by atoms with Crippen LogP contribution in [0.2, 0.25) is 5.02 Å². The van der Waals surface area contributed by atoms with Crippen molar-refractivity contribution < 1.29 is 9.53 Å². The normalized spacial score (nSPS) is 21.1. The molecule has 2 N–H and O–H groups in total. The van der Waals surface area contributed by atoms with Gasteiger partial charge < -0.3 is 15.4 Å². The van der Waals surface area contributed by atoms with Crippen LogP contribution in [0.15, 0.2) is 22.7 Å². The van der Waals surface area contributed by atoms with E-state index in [-0.39, 0.29) is 12.1 Å². The fourth-order valence-corrected chi connectivity index (χ4v) is 3.04. The van der Waals surface area contributed by atoms with E-state index in [0.717, 1.165) is 34.4 Å². The molecule has 0 heterocycles. The number of rotatable bonds is 4. The van der Waals surface area contributed by atoms with Crippen molar-refractivity contribution in [2.45, 2.75) is 57.8 Å². The van der Waals surface area contributed by atoms with E-state index in [1.165, 1.54) is 0 Å². The number of alkyl carbamates (subject to hydrolysis) is 1. The average molecular weight is 390 g/mol. The molecular formula is C16H22BrClN2O2. The average Bonchev–Trinajstić information content (AvgIpc) is 2.31. The minimum Gasteiger partial charge on any atom is -0.444 e. The molecule has 0 radical (unpaired) electrons. The van der Waals surface area contributed by atoms with Crippen LogP contribution < -0.4 is 10.6 Å². The van der Waals surface area contributed by atoms with Gasteiger partial charge in [-0.1, -0.05) is 33.6 Å². The third-order valence-electron chi connectivity index (χ3n) is 3.46. The Morgan fingerprint density at radius 2 is 2.05 bits per heavy atom. The second-order valence-corrected chi connectivity index (χ2v) is 7.95. The Bertz CT molecular complexity index is 539. The molecule has 0 aromatic heterocycles. The van der Waals surface area contributed by atoms with Crippen LogP contribution in [0.1, 0.15) is 39.2 Å². The number of ether oxygens (including phenoxy) is 1. The third kappa shape index (κ3) is 5.45. The molecule has 1 aromatic rings. The van der Waals surface area contributed by atoms with Gasteiger partial charge in [0.15, 0.2) is 0 Å². The Labute approximate surface area is 145 Å². The Kier molecular flexibility index (Phi) is 5.75. The van der Waals surface area contributed by atoms with Gasteiger partial charge in [-0.05, 0) is 51.3 Å². The van der Waals surface area contributed by atoms with E-state index in [1.807, 2.05) is 39.0 Å². The first-order valence-corrected chi connectivity index (χ1v) is 8.57. The topological polar surface area (TPSA) is 50.4 Å². The van der Waals surface area contributed by atoms with Crippen LogP contribution in [-0.4, -0.2) is 23.8 Å². The van der Waals surface area contributed by atoms with E-state index in [9.17, 15) is 4.79 Å². The lowest BCUT2D eigenvalue weighted by molar-refractivity contribution is 0.0465. The Hall–Kier alpha value is -0.780. The second-order valence-electron chi connectivity index (χ2n) is 6.63. The molecule has 0 unspecified atom stereocenters. The summed E-state index contributed by atoms with van der Waals surface area (Å²) in [6.45, 7) is 6.31. The molecule has 1 saturated carbocycles. The predicted octanol–water partition coefficient (Wildman–Crippen LogP) is 4.25. The Morgan fingerprint density at radius 3 is 2.64 bits per heavy atom. The molecule has 6 heteroatoms. The summed E-state index contributed by atoms with van der Waals surface area (Å²) in [4.78, 5) is 11.6. The van der Waals surface area contributed by atoms with Crippen molar-refractivity contribution in [3.63, 3.8) is 0 Å². The van der Waals surface area contributed by atoms with Gasteiger partial charge in [-0.3, -0.25) is 0 Å². The maximum Gasteiger partial charge on any atom is 0.407 e. The van der Waals surface area contributed by atoms with Crippen LogP contribution >= 0.6 is 27.5 Å². The highest BCUT2D eigenvalue weighted by molar-refractivity contribution is 9.10. The number of carbonyl (C=O) groups excluding carboxylic acids is 1. The van der Waals surface area contributed by atoms with Gasteiger partial charge in [0.2, 0.25) is 0 Å². The van der Waals surface area contributed by atoms with Gasteiger partial charge in [0.25, 0.3) is 0 Å². The number of hydrogen-bond acceptors (Lipinski definition) is 3. The van der Waals surface area contributed by atoms with E-state index in [1.54, 1.807) is 0 Å². The number of hydrogen-bond donors (Lipinski definition) is 2. The van der Waals surface area contributed by atoms with Crippen LogP contribution in [0.3, 0.4) is 0 Å². The van der Waals surface area contributed by atoms with Crippen LogP contribution in [0.25, 0.3) is 0 Å². The molecule has 1 aliphatic carbocycles. The molecule has 0 aliphatic heterocycles. The highest BCUT2D eigenvalue weighted by Gasteiger charge is 2.31. The smallest absolute Gasteiger partial charge is 0.407 e. The van der Waals surface area contributed by atoms with Gasteiger partial charge in [0.05, 0.1) is 0 Å². The summed E-state index contributed by atoms with van der Waals surface area (Å²) >= 11 is 9.59. The van der Waals surface area contributed by atoms with E-state index in [0.29, 0.717) is 6.04 Å². The summed E-state index contributed by atoms with van der Waals surface area (Å²) in [7, 11) is 0. The largest absolute Gasteiger partial charge is 0.444 e. The monoisotopic (exact) mass is 388 g/mol. The van der Waals surface area contributed by atoms with Crippen molar-refractivity contribution in [3.05, 3.63) is 33.3 Å². The van der Waals surface area contributed by atoms with E-state index >= 15 is 0 Å². The zero-order valence-corrected chi connectivity index (χ0v) is 15.4. The van der Waals surface area contributed by atoms with Gasteiger partial charge >= 0.3 is 6.09 Å². The zero-order valence-electron chi connectivity index (χ0n) is 13.1. The fraction of sp³-hybridized carbons (Fsp3) is 0.562. The van der Waals surface area contributed by atoms with Crippen LogP contribution in [0.4, 0.5) is 4.79 Å². The number of carbonyl (C=O) groups is 1. The lowest BCUT2D eigenvalue weighted by atomic mass is 9.87. The lowest BCUT2D eigenvalue weighted by Crippen LogP contribution is -2.52. The molecule has 1 aliphatic rings. The van der Waals surface area contributed by atoms with Crippen molar-refractivity contribution in [2.24, 2.45) is 0 Å². The van der Waals surface area contributed by atoms with Gasteiger partial charge in [0.1, 0.15) is 5.60 Å². The predicted molar refractivity (Wildman–Crippen MR) is 92.2 cm³/mol. The standard InChI is InChI=1S/C16H22BrClN2O2/c1-16(2,3)22-15(21)20-13-7-12(8-13)19-9-10-4-5-11(17)6-14(10)18/h4-6,12-13,19H,7-9H2,1-3H3,(H,20,21). The molecule has 0 bridgehead atoms. The van der Waals surface area contributed by atoms with Gasteiger partial charge in [-0.2, -0.15) is 0 Å². The van der Waals surface area contributed by atoms with E-state index < -0.39 is 5.60 Å². The summed E-state index contributed by atoms with van der Waals surface area (Å²) in [5.41, 5.74) is 0.623. The molecule has 0 spiro atoms. The number of nitrogens with one attached hydrogen (secondary N) is 2. The quantitative estimate of drug-likeness (QED) is 0.809. The molecule has 122 valence electrons. The van der Waals surface area contributed by atoms with Crippen LogP contribution in [0, 0.1) is 0 Å². The minimum atomic E-state index is -0.455. The summed E-state index contributed by atoms with van der Waals surface area (Å²) in [5.74, 6) is 0. The summed E-state index contributed by atoms with van der Waals surface area (Å²) in [6, 6.07) is 6.48. The maximum atomic E-state index is 11.6. The van der Waals surface area contributed by atoms with E-state index in [4.69, 9.17) is 16.3 Å². The van der Waals surface area contributed by atoms with Crippen LogP contribution in [-0.2, 0) is 11.3 Å². The highest BCUT2D eigenvalue weighted by atomic mass is 79.9. The summed E-state index contributed by atoms with van der Waals surface area (Å²) in [6.07, 6.45) is 1.48. The molecule has 2 rings (SSSR count). The van der Waals surface area contributed by atoms with Gasteiger partial charge in [-0.25, -0.2) is 4.79 Å². The minimum absolute atomic E-state index is 0.188. The van der Waals surface area contributed by atoms with Gasteiger partial charge in [0, 0.05) is 28.1 Å².